The first kappa shape index (κ1) is 37.5. The van der Waals surface area contributed by atoms with Gasteiger partial charge in [0.2, 0.25) is 0 Å². The Morgan fingerprint density at radius 3 is 1.22 bits per heavy atom. The molecule has 0 saturated heterocycles. The Morgan fingerprint density at radius 2 is 0.870 bits per heavy atom. The Hall–Kier alpha value is 3.70. The molecule has 23 heavy (non-hydrogen) atoms. The van der Waals surface area contributed by atoms with Gasteiger partial charge >= 0.3 is 118 Å². The van der Waals surface area contributed by atoms with E-state index in [1.54, 1.807) is 0 Å². The van der Waals surface area contributed by atoms with Gasteiger partial charge in [0.1, 0.15) is 0 Å². The van der Waals surface area contributed by atoms with Crippen molar-refractivity contribution in [2.45, 2.75) is 96.8 Å². The maximum atomic E-state index is 8.58. The standard InChI is InChI=1S/C18H36O.4Na.4H/c1-2-3-4-5-6-7-8-9-10-11-12-13-14-15-16-17-18-19;;;;;;;;/h16-17,19H,2-15,18H2,1H3;;;;;;;;. The molecule has 0 aliphatic carbocycles. The molecule has 0 aliphatic heterocycles. The first-order valence-electron chi connectivity index (χ1n) is 8.67. The molecule has 0 atom stereocenters. The molecule has 122 valence electrons. The van der Waals surface area contributed by atoms with Gasteiger partial charge in [0.15, 0.2) is 0 Å². The molecule has 0 rings (SSSR count). The number of hydrogen-bond donors (Lipinski definition) is 1. The first-order valence-corrected chi connectivity index (χ1v) is 8.67. The van der Waals surface area contributed by atoms with Gasteiger partial charge in [0, 0.05) is 0 Å². The van der Waals surface area contributed by atoms with E-state index in [0.29, 0.717) is 0 Å². The normalized spacial score (nSPS) is 9.48. The molecular formula is C18H40Na4O. The summed E-state index contributed by atoms with van der Waals surface area (Å²) in [5.41, 5.74) is 0. The Labute approximate surface area is 235 Å². The fourth-order valence-electron chi connectivity index (χ4n) is 2.47. The Bertz CT molecular complexity index is 190. The van der Waals surface area contributed by atoms with Crippen molar-refractivity contribution in [1.82, 2.24) is 0 Å². The van der Waals surface area contributed by atoms with E-state index in [4.69, 9.17) is 5.11 Å². The van der Waals surface area contributed by atoms with Crippen LogP contribution in [0.15, 0.2) is 12.2 Å². The zero-order chi connectivity index (χ0) is 14.0. The molecule has 0 heterocycles. The average Bonchev–Trinajstić information content (AvgIpc) is 2.43. The topological polar surface area (TPSA) is 20.2 Å². The Kier molecular flexibility index (Phi) is 59.6. The molecule has 0 unspecified atom stereocenters. The van der Waals surface area contributed by atoms with Crippen LogP contribution >= 0.6 is 0 Å². The summed E-state index contributed by atoms with van der Waals surface area (Å²) in [5.74, 6) is 0. The number of hydrogen-bond acceptors (Lipinski definition) is 1. The van der Waals surface area contributed by atoms with E-state index in [1.165, 1.54) is 83.5 Å². The Balaban J connectivity index is -0.000000270. The quantitative estimate of drug-likeness (QED) is 0.268. The zero-order valence-electron chi connectivity index (χ0n) is 13.2. The van der Waals surface area contributed by atoms with Crippen molar-refractivity contribution in [3.8, 4) is 0 Å². The molecule has 0 spiro atoms. The predicted octanol–water partition coefficient (Wildman–Crippen LogP) is 3.42. The van der Waals surface area contributed by atoms with Crippen LogP contribution in [0, 0.1) is 0 Å². The summed E-state index contributed by atoms with van der Waals surface area (Å²) < 4.78 is 0. The van der Waals surface area contributed by atoms with Gasteiger partial charge in [-0.15, -0.1) is 0 Å². The molecule has 0 aromatic heterocycles. The number of aliphatic hydroxyl groups is 1. The molecule has 1 N–H and O–H groups in total. The zero-order valence-corrected chi connectivity index (χ0v) is 13.2. The average molecular weight is 364 g/mol. The van der Waals surface area contributed by atoms with Crippen molar-refractivity contribution in [1.29, 1.82) is 0 Å². The van der Waals surface area contributed by atoms with E-state index in [2.05, 4.69) is 13.0 Å². The van der Waals surface area contributed by atoms with Crippen molar-refractivity contribution in [3.05, 3.63) is 12.2 Å². The SMILES string of the molecule is CCCCCCCCCCCCCCCC=CCO.[NaH].[NaH].[NaH].[NaH]. The molecule has 0 aliphatic rings. The van der Waals surface area contributed by atoms with Crippen molar-refractivity contribution in [2.24, 2.45) is 0 Å². The first-order chi connectivity index (χ1) is 9.41. The van der Waals surface area contributed by atoms with Crippen LogP contribution in [0.3, 0.4) is 0 Å². The van der Waals surface area contributed by atoms with E-state index in [0.717, 1.165) is 6.42 Å². The second-order valence-electron chi connectivity index (χ2n) is 5.69. The van der Waals surface area contributed by atoms with Crippen LogP contribution in [0.25, 0.3) is 0 Å². The molecule has 1 nitrogen and oxygen atoms in total. The third-order valence-corrected chi connectivity index (χ3v) is 3.75. The van der Waals surface area contributed by atoms with Gasteiger partial charge in [0.25, 0.3) is 0 Å². The van der Waals surface area contributed by atoms with E-state index in [1.807, 2.05) is 6.08 Å². The molecule has 0 saturated carbocycles. The number of rotatable bonds is 15. The van der Waals surface area contributed by atoms with Gasteiger partial charge in [-0.1, -0.05) is 96.1 Å². The van der Waals surface area contributed by atoms with Crippen LogP contribution in [0.5, 0.6) is 0 Å². The molecular weight excluding hydrogens is 324 g/mol. The summed E-state index contributed by atoms with van der Waals surface area (Å²) in [4.78, 5) is 0. The van der Waals surface area contributed by atoms with Crippen LogP contribution in [0.1, 0.15) is 96.8 Å². The van der Waals surface area contributed by atoms with Crippen LogP contribution in [0.4, 0.5) is 0 Å². The predicted molar refractivity (Wildman–Crippen MR) is 115 cm³/mol. The van der Waals surface area contributed by atoms with Crippen LogP contribution < -0.4 is 0 Å². The molecule has 0 aromatic carbocycles. The van der Waals surface area contributed by atoms with Gasteiger partial charge in [-0.05, 0) is 12.8 Å². The van der Waals surface area contributed by atoms with Crippen molar-refractivity contribution >= 4 is 118 Å². The maximum absolute atomic E-state index is 8.58. The number of unbranched alkanes of at least 4 members (excludes halogenated alkanes) is 13. The summed E-state index contributed by atoms with van der Waals surface area (Å²) in [7, 11) is 0. The third kappa shape index (κ3) is 37.2. The molecule has 0 fully saturated rings. The number of allylic oxidation sites excluding steroid dienone is 1. The fraction of sp³-hybridized carbons (Fsp3) is 0.889. The molecule has 0 bridgehead atoms. The van der Waals surface area contributed by atoms with Gasteiger partial charge in [-0.25, -0.2) is 0 Å². The van der Waals surface area contributed by atoms with Crippen molar-refractivity contribution < 1.29 is 5.11 Å². The minimum atomic E-state index is 0. The molecule has 0 amide bonds. The minimum absolute atomic E-state index is 0. The summed E-state index contributed by atoms with van der Waals surface area (Å²) in [6.45, 7) is 2.47. The molecule has 5 heteroatoms. The van der Waals surface area contributed by atoms with E-state index in [9.17, 15) is 0 Å². The van der Waals surface area contributed by atoms with Gasteiger partial charge in [-0.2, -0.15) is 0 Å². The van der Waals surface area contributed by atoms with E-state index < -0.39 is 0 Å². The summed E-state index contributed by atoms with van der Waals surface area (Å²) in [6.07, 6.45) is 23.4. The van der Waals surface area contributed by atoms with Crippen LogP contribution in [-0.4, -0.2) is 130 Å². The summed E-state index contributed by atoms with van der Waals surface area (Å²) in [6, 6.07) is 0. The van der Waals surface area contributed by atoms with Crippen molar-refractivity contribution in [2.75, 3.05) is 6.61 Å². The van der Waals surface area contributed by atoms with Gasteiger partial charge in [0.05, 0.1) is 6.61 Å². The summed E-state index contributed by atoms with van der Waals surface area (Å²) >= 11 is 0. The monoisotopic (exact) mass is 364 g/mol. The Morgan fingerprint density at radius 1 is 0.522 bits per heavy atom. The van der Waals surface area contributed by atoms with Gasteiger partial charge in [-0.3, -0.25) is 0 Å². The van der Waals surface area contributed by atoms with Crippen molar-refractivity contribution in [3.63, 3.8) is 0 Å². The number of aliphatic hydroxyl groups excluding tert-OH is 1. The van der Waals surface area contributed by atoms with Crippen LogP contribution in [0.2, 0.25) is 0 Å². The molecule has 0 radical (unpaired) electrons. The fourth-order valence-corrected chi connectivity index (χ4v) is 2.47. The second kappa shape index (κ2) is 36.6. The third-order valence-electron chi connectivity index (χ3n) is 3.75. The van der Waals surface area contributed by atoms with E-state index >= 15 is 0 Å². The van der Waals surface area contributed by atoms with Gasteiger partial charge < -0.3 is 5.11 Å². The molecule has 0 aromatic rings. The van der Waals surface area contributed by atoms with E-state index in [-0.39, 0.29) is 125 Å². The second-order valence-corrected chi connectivity index (χ2v) is 5.69. The summed E-state index contributed by atoms with van der Waals surface area (Å²) in [5, 5.41) is 8.58. The van der Waals surface area contributed by atoms with Crippen LogP contribution in [-0.2, 0) is 0 Å².